The van der Waals surface area contributed by atoms with Crippen molar-refractivity contribution >= 4 is 29.9 Å². The highest BCUT2D eigenvalue weighted by Crippen LogP contribution is 2.15. The number of hydrogen-bond donors (Lipinski definition) is 2. The minimum atomic E-state index is -0.285. The molecule has 2 N–H and O–H groups in total. The monoisotopic (exact) mass is 539 g/mol. The molecule has 3 aromatic rings. The van der Waals surface area contributed by atoms with E-state index in [2.05, 4.69) is 20.7 Å². The van der Waals surface area contributed by atoms with E-state index in [1.54, 1.807) is 26.3 Å². The SMILES string of the molecule is CN=C(NCc1ccn(-c2ccc(OC)cc2)n1)NCC(C)Oc1ccc(F)cc1.I. The Hall–Kier alpha value is -2.82. The summed E-state index contributed by atoms with van der Waals surface area (Å²) in [4.78, 5) is 4.22. The number of hydrogen-bond acceptors (Lipinski definition) is 4. The van der Waals surface area contributed by atoms with Crippen LogP contribution in [0.1, 0.15) is 12.6 Å². The standard InChI is InChI=1S/C22H26FN5O2.HI/c1-16(30-21-8-4-17(23)5-9-21)14-25-22(24-2)26-15-18-12-13-28(27-18)19-6-10-20(29-3)11-7-19;/h4-13,16H,14-15H2,1-3H3,(H2,24,25,26);1H. The lowest BCUT2D eigenvalue weighted by atomic mass is 10.3. The zero-order chi connectivity index (χ0) is 21.3. The summed E-state index contributed by atoms with van der Waals surface area (Å²) in [5.41, 5.74) is 1.83. The van der Waals surface area contributed by atoms with E-state index < -0.39 is 0 Å². The Morgan fingerprint density at radius 2 is 1.74 bits per heavy atom. The van der Waals surface area contributed by atoms with Crippen LogP contribution >= 0.6 is 24.0 Å². The molecule has 2 aromatic carbocycles. The maximum absolute atomic E-state index is 13.0. The molecule has 1 unspecified atom stereocenters. The van der Waals surface area contributed by atoms with E-state index in [9.17, 15) is 4.39 Å². The molecule has 0 fully saturated rings. The number of ether oxygens (including phenoxy) is 2. The van der Waals surface area contributed by atoms with Crippen molar-refractivity contribution in [3.05, 3.63) is 72.3 Å². The summed E-state index contributed by atoms with van der Waals surface area (Å²) in [5, 5.41) is 11.0. The molecule has 0 aliphatic carbocycles. The summed E-state index contributed by atoms with van der Waals surface area (Å²) in [6.45, 7) is 2.99. The van der Waals surface area contributed by atoms with Gasteiger partial charge in [0, 0.05) is 13.2 Å². The molecule has 0 amide bonds. The molecule has 0 saturated heterocycles. The Balaban J connectivity index is 0.00000341. The Morgan fingerprint density at radius 1 is 1.06 bits per heavy atom. The van der Waals surface area contributed by atoms with Gasteiger partial charge in [-0.2, -0.15) is 5.10 Å². The van der Waals surface area contributed by atoms with E-state index in [1.165, 1.54) is 12.1 Å². The maximum Gasteiger partial charge on any atom is 0.191 e. The number of nitrogens with one attached hydrogen (secondary N) is 2. The normalized spacial score (nSPS) is 11.9. The first-order chi connectivity index (χ1) is 14.6. The molecule has 31 heavy (non-hydrogen) atoms. The van der Waals surface area contributed by atoms with Crippen LogP contribution in [0, 0.1) is 5.82 Å². The van der Waals surface area contributed by atoms with Gasteiger partial charge < -0.3 is 20.1 Å². The number of guanidine groups is 1. The van der Waals surface area contributed by atoms with Gasteiger partial charge in [0.05, 0.1) is 31.6 Å². The van der Waals surface area contributed by atoms with Crippen LogP contribution in [0.4, 0.5) is 4.39 Å². The summed E-state index contributed by atoms with van der Waals surface area (Å²) < 4.78 is 25.7. The number of halogens is 2. The first-order valence-electron chi connectivity index (χ1n) is 9.63. The van der Waals surface area contributed by atoms with E-state index in [-0.39, 0.29) is 35.9 Å². The molecule has 3 rings (SSSR count). The van der Waals surface area contributed by atoms with Gasteiger partial charge in [0.25, 0.3) is 0 Å². The van der Waals surface area contributed by atoms with Crippen LogP contribution in [0.15, 0.2) is 65.8 Å². The summed E-state index contributed by atoms with van der Waals surface area (Å²) in [6, 6.07) is 15.6. The van der Waals surface area contributed by atoms with E-state index in [4.69, 9.17) is 9.47 Å². The van der Waals surface area contributed by atoms with Crippen molar-refractivity contribution in [1.82, 2.24) is 20.4 Å². The third kappa shape index (κ3) is 7.42. The maximum atomic E-state index is 13.0. The van der Waals surface area contributed by atoms with E-state index >= 15 is 0 Å². The molecule has 0 aliphatic rings. The predicted molar refractivity (Wildman–Crippen MR) is 130 cm³/mol. The Kier molecular flexibility index (Phi) is 9.57. The van der Waals surface area contributed by atoms with E-state index in [0.717, 1.165) is 17.1 Å². The summed E-state index contributed by atoms with van der Waals surface area (Å²) in [7, 11) is 3.35. The quantitative estimate of drug-likeness (QED) is 0.259. The summed E-state index contributed by atoms with van der Waals surface area (Å²) in [6.07, 6.45) is 1.79. The fourth-order valence-corrected chi connectivity index (χ4v) is 2.76. The highest BCUT2D eigenvalue weighted by molar-refractivity contribution is 14.0. The Bertz CT molecular complexity index is 961. The second-order valence-electron chi connectivity index (χ2n) is 6.64. The number of nitrogens with zero attached hydrogens (tertiary/aromatic N) is 3. The molecule has 0 saturated carbocycles. The molecule has 0 spiro atoms. The predicted octanol–water partition coefficient (Wildman–Crippen LogP) is 3.77. The summed E-state index contributed by atoms with van der Waals surface area (Å²) >= 11 is 0. The third-order valence-electron chi connectivity index (χ3n) is 4.35. The molecule has 0 radical (unpaired) electrons. The largest absolute Gasteiger partial charge is 0.497 e. The van der Waals surface area contributed by atoms with Gasteiger partial charge in [-0.25, -0.2) is 9.07 Å². The van der Waals surface area contributed by atoms with Gasteiger partial charge in [-0.15, -0.1) is 24.0 Å². The fraction of sp³-hybridized carbons (Fsp3) is 0.273. The molecule has 0 aliphatic heterocycles. The van der Waals surface area contributed by atoms with Crippen molar-refractivity contribution < 1.29 is 13.9 Å². The second-order valence-corrected chi connectivity index (χ2v) is 6.64. The van der Waals surface area contributed by atoms with Crippen molar-refractivity contribution in [2.45, 2.75) is 19.6 Å². The van der Waals surface area contributed by atoms with Gasteiger partial charge >= 0.3 is 0 Å². The van der Waals surface area contributed by atoms with Gasteiger partial charge in [-0.3, -0.25) is 4.99 Å². The molecular weight excluding hydrogens is 512 g/mol. The third-order valence-corrected chi connectivity index (χ3v) is 4.35. The van der Waals surface area contributed by atoms with Gasteiger partial charge in [0.15, 0.2) is 5.96 Å². The fourth-order valence-electron chi connectivity index (χ4n) is 2.76. The molecule has 1 aromatic heterocycles. The lowest BCUT2D eigenvalue weighted by Crippen LogP contribution is -2.41. The highest BCUT2D eigenvalue weighted by Gasteiger charge is 2.07. The van der Waals surface area contributed by atoms with Crippen LogP contribution in [0.2, 0.25) is 0 Å². The topological polar surface area (TPSA) is 72.7 Å². The zero-order valence-electron chi connectivity index (χ0n) is 17.7. The van der Waals surface area contributed by atoms with Crippen LogP contribution in [0.3, 0.4) is 0 Å². The first kappa shape index (κ1) is 24.4. The smallest absolute Gasteiger partial charge is 0.191 e. The molecule has 9 heteroatoms. The van der Waals surface area contributed by atoms with Crippen molar-refractivity contribution in [1.29, 1.82) is 0 Å². The van der Waals surface area contributed by atoms with Crippen molar-refractivity contribution in [2.24, 2.45) is 4.99 Å². The average Bonchev–Trinajstić information content (AvgIpc) is 3.24. The van der Waals surface area contributed by atoms with Crippen LogP contribution in [-0.4, -0.2) is 42.5 Å². The first-order valence-corrected chi connectivity index (χ1v) is 9.63. The highest BCUT2D eigenvalue weighted by atomic mass is 127. The van der Waals surface area contributed by atoms with Gasteiger partial charge in [-0.05, 0) is 61.5 Å². The number of rotatable bonds is 8. The number of aromatic nitrogens is 2. The van der Waals surface area contributed by atoms with Crippen molar-refractivity contribution in [3.8, 4) is 17.2 Å². The van der Waals surface area contributed by atoms with Crippen LogP contribution in [0.25, 0.3) is 5.69 Å². The molecule has 1 atom stereocenters. The van der Waals surface area contributed by atoms with Gasteiger partial charge in [0.2, 0.25) is 0 Å². The van der Waals surface area contributed by atoms with E-state index in [0.29, 0.717) is 24.8 Å². The molecular formula is C22H27FIN5O2. The van der Waals surface area contributed by atoms with Crippen molar-refractivity contribution in [3.63, 3.8) is 0 Å². The number of aliphatic imine (C=N–C) groups is 1. The number of benzene rings is 2. The molecule has 1 heterocycles. The van der Waals surface area contributed by atoms with Crippen LogP contribution in [-0.2, 0) is 6.54 Å². The van der Waals surface area contributed by atoms with Crippen LogP contribution in [0.5, 0.6) is 11.5 Å². The summed E-state index contributed by atoms with van der Waals surface area (Å²) in [5.74, 6) is 1.79. The Morgan fingerprint density at radius 3 is 2.39 bits per heavy atom. The van der Waals surface area contributed by atoms with Crippen LogP contribution < -0.4 is 20.1 Å². The molecule has 7 nitrogen and oxygen atoms in total. The number of methoxy groups -OCH3 is 1. The van der Waals surface area contributed by atoms with E-state index in [1.807, 2.05) is 48.1 Å². The molecule has 166 valence electrons. The minimum Gasteiger partial charge on any atom is -0.497 e. The minimum absolute atomic E-state index is 0. The van der Waals surface area contributed by atoms with Gasteiger partial charge in [-0.1, -0.05) is 0 Å². The lowest BCUT2D eigenvalue weighted by Gasteiger charge is -2.17. The second kappa shape index (κ2) is 12.1. The average molecular weight is 539 g/mol. The molecule has 0 bridgehead atoms. The zero-order valence-corrected chi connectivity index (χ0v) is 20.0. The van der Waals surface area contributed by atoms with Crippen molar-refractivity contribution in [2.75, 3.05) is 20.7 Å². The van der Waals surface area contributed by atoms with Gasteiger partial charge in [0.1, 0.15) is 23.4 Å². The Labute approximate surface area is 198 Å². The lowest BCUT2D eigenvalue weighted by molar-refractivity contribution is 0.223.